The van der Waals surface area contributed by atoms with Crippen molar-refractivity contribution in [2.24, 2.45) is 0 Å². The number of methoxy groups -OCH3 is 1. The van der Waals surface area contributed by atoms with E-state index in [0.29, 0.717) is 17.5 Å². The van der Waals surface area contributed by atoms with Crippen molar-refractivity contribution in [1.82, 2.24) is 29.3 Å². The summed E-state index contributed by atoms with van der Waals surface area (Å²) in [5.74, 6) is 1.20. The molecule has 0 radical (unpaired) electrons. The average Bonchev–Trinajstić information content (AvgIpc) is 3.42. The van der Waals surface area contributed by atoms with Gasteiger partial charge in [0.15, 0.2) is 5.69 Å². The van der Waals surface area contributed by atoms with Gasteiger partial charge >= 0.3 is 0 Å². The van der Waals surface area contributed by atoms with Crippen molar-refractivity contribution in [3.63, 3.8) is 0 Å². The number of piperidine rings is 1. The van der Waals surface area contributed by atoms with Gasteiger partial charge in [-0.05, 0) is 66.7 Å². The van der Waals surface area contributed by atoms with Crippen molar-refractivity contribution < 1.29 is 9.53 Å². The number of hydrogen-bond acceptors (Lipinski definition) is 6. The van der Waals surface area contributed by atoms with Crippen LogP contribution in [-0.2, 0) is 13.1 Å². The fourth-order valence-electron chi connectivity index (χ4n) is 5.79. The second-order valence-electron chi connectivity index (χ2n) is 10.7. The van der Waals surface area contributed by atoms with Crippen LogP contribution in [0, 0.1) is 0 Å². The van der Waals surface area contributed by atoms with Crippen LogP contribution in [0.25, 0.3) is 5.52 Å². The minimum absolute atomic E-state index is 0.0286. The monoisotopic (exact) mass is 524 g/mol. The maximum Gasteiger partial charge on any atom is 0.274 e. The Morgan fingerprint density at radius 1 is 0.872 bits per heavy atom. The van der Waals surface area contributed by atoms with E-state index in [-0.39, 0.29) is 5.91 Å². The number of amides is 1. The van der Waals surface area contributed by atoms with Gasteiger partial charge in [-0.15, -0.1) is 0 Å². The highest BCUT2D eigenvalue weighted by Gasteiger charge is 2.25. The standard InChI is InChI=1S/C31H36N6O2/c1-39-30-8-7-25(21-32-30)23-34-12-9-26(10-13-34)27-11-14-37-28(19-27)20-29(33-37)31(38)36-17-15-35(16-18-36)22-24-5-3-2-4-6-24/h2-8,11,14,19-21,26H,9-10,12-13,15-18,22-23H2,1H3. The zero-order chi connectivity index (χ0) is 26.6. The molecule has 2 saturated heterocycles. The molecule has 0 N–H and O–H groups in total. The van der Waals surface area contributed by atoms with Crippen molar-refractivity contribution in [1.29, 1.82) is 0 Å². The van der Waals surface area contributed by atoms with Crippen molar-refractivity contribution in [2.45, 2.75) is 31.8 Å². The zero-order valence-corrected chi connectivity index (χ0v) is 22.6. The van der Waals surface area contributed by atoms with Crippen LogP contribution < -0.4 is 4.74 Å². The van der Waals surface area contributed by atoms with Gasteiger partial charge in [0.05, 0.1) is 12.6 Å². The van der Waals surface area contributed by atoms with Crippen molar-refractivity contribution in [3.05, 3.63) is 95.4 Å². The molecule has 8 heteroatoms. The number of benzene rings is 1. The molecular weight excluding hydrogens is 488 g/mol. The van der Waals surface area contributed by atoms with Crippen LogP contribution in [0.3, 0.4) is 0 Å². The lowest BCUT2D eigenvalue weighted by Crippen LogP contribution is -2.48. The van der Waals surface area contributed by atoms with Crippen LogP contribution in [0.2, 0.25) is 0 Å². The van der Waals surface area contributed by atoms with Gasteiger partial charge in [0.2, 0.25) is 5.88 Å². The lowest BCUT2D eigenvalue weighted by molar-refractivity contribution is 0.0622. The summed E-state index contributed by atoms with van der Waals surface area (Å²) in [6, 6.07) is 20.9. The average molecular weight is 525 g/mol. The van der Waals surface area contributed by atoms with Gasteiger partial charge < -0.3 is 9.64 Å². The van der Waals surface area contributed by atoms with E-state index in [0.717, 1.165) is 70.7 Å². The number of pyridine rings is 2. The molecular formula is C31H36N6O2. The van der Waals surface area contributed by atoms with E-state index in [2.05, 4.69) is 62.3 Å². The molecule has 8 nitrogen and oxygen atoms in total. The van der Waals surface area contributed by atoms with Crippen LogP contribution >= 0.6 is 0 Å². The number of carbonyl (C=O) groups is 1. The van der Waals surface area contributed by atoms with Crippen LogP contribution in [0.15, 0.2) is 73.1 Å². The summed E-state index contributed by atoms with van der Waals surface area (Å²) in [6.07, 6.45) is 6.15. The second-order valence-corrected chi connectivity index (χ2v) is 10.7. The number of likely N-dealkylation sites (tertiary alicyclic amines) is 1. The molecule has 2 aliphatic heterocycles. The molecule has 6 rings (SSSR count). The van der Waals surface area contributed by atoms with Crippen molar-refractivity contribution in [3.8, 4) is 5.88 Å². The Morgan fingerprint density at radius 3 is 2.33 bits per heavy atom. The molecule has 5 heterocycles. The zero-order valence-electron chi connectivity index (χ0n) is 22.6. The van der Waals surface area contributed by atoms with Gasteiger partial charge in [-0.2, -0.15) is 5.10 Å². The summed E-state index contributed by atoms with van der Waals surface area (Å²) in [6.45, 7) is 7.18. The molecule has 39 heavy (non-hydrogen) atoms. The number of hydrogen-bond donors (Lipinski definition) is 0. The maximum absolute atomic E-state index is 13.3. The highest BCUT2D eigenvalue weighted by molar-refractivity contribution is 5.93. The molecule has 1 aromatic carbocycles. The van der Waals surface area contributed by atoms with E-state index in [1.54, 1.807) is 7.11 Å². The molecule has 2 fully saturated rings. The quantitative estimate of drug-likeness (QED) is 0.363. The van der Waals surface area contributed by atoms with Gasteiger partial charge in [-0.3, -0.25) is 14.6 Å². The molecule has 0 unspecified atom stereocenters. The lowest BCUT2D eigenvalue weighted by atomic mass is 9.89. The highest BCUT2D eigenvalue weighted by Crippen LogP contribution is 2.29. The molecule has 2 aliphatic rings. The Hall–Kier alpha value is -3.75. The number of carbonyl (C=O) groups excluding carboxylic acids is 1. The van der Waals surface area contributed by atoms with Crippen molar-refractivity contribution >= 4 is 11.4 Å². The highest BCUT2D eigenvalue weighted by atomic mass is 16.5. The molecule has 1 amide bonds. The third-order valence-electron chi connectivity index (χ3n) is 8.09. The summed E-state index contributed by atoms with van der Waals surface area (Å²) in [7, 11) is 1.64. The topological polar surface area (TPSA) is 66.2 Å². The summed E-state index contributed by atoms with van der Waals surface area (Å²) >= 11 is 0. The van der Waals surface area contributed by atoms with Gasteiger partial charge in [-0.1, -0.05) is 36.4 Å². The summed E-state index contributed by atoms with van der Waals surface area (Å²) in [4.78, 5) is 24.4. The first kappa shape index (κ1) is 25.5. The number of ether oxygens (including phenoxy) is 1. The van der Waals surface area contributed by atoms with Crippen LogP contribution in [0.1, 0.15) is 45.9 Å². The van der Waals surface area contributed by atoms with Gasteiger partial charge in [0.25, 0.3) is 5.91 Å². The third kappa shape index (κ3) is 5.97. The smallest absolute Gasteiger partial charge is 0.274 e. The van der Waals surface area contributed by atoms with Gasteiger partial charge in [0.1, 0.15) is 0 Å². The van der Waals surface area contributed by atoms with E-state index < -0.39 is 0 Å². The van der Waals surface area contributed by atoms with Crippen LogP contribution in [-0.4, -0.2) is 81.6 Å². The SMILES string of the molecule is COc1ccc(CN2CCC(c3ccn4nc(C(=O)N5CCN(Cc6ccccc6)CC5)cc4c3)CC2)cn1. The normalized spacial score (nSPS) is 17.5. The molecule has 3 aromatic heterocycles. The predicted molar refractivity (Wildman–Crippen MR) is 151 cm³/mol. The van der Waals surface area contributed by atoms with Crippen LogP contribution in [0.5, 0.6) is 5.88 Å². The third-order valence-corrected chi connectivity index (χ3v) is 8.09. The number of nitrogens with zero attached hydrogens (tertiary/aromatic N) is 6. The Labute approximate surface area is 229 Å². The Bertz CT molecular complexity index is 1390. The first-order chi connectivity index (χ1) is 19.1. The molecule has 0 saturated carbocycles. The second kappa shape index (κ2) is 11.6. The fourth-order valence-corrected chi connectivity index (χ4v) is 5.79. The minimum atomic E-state index is 0.0286. The van der Waals surface area contributed by atoms with Gasteiger partial charge in [0, 0.05) is 57.7 Å². The largest absolute Gasteiger partial charge is 0.481 e. The summed E-state index contributed by atoms with van der Waals surface area (Å²) in [5, 5.41) is 4.62. The Kier molecular flexibility index (Phi) is 7.56. The molecule has 4 aromatic rings. The lowest BCUT2D eigenvalue weighted by Gasteiger charge is -2.34. The Balaban J connectivity index is 1.03. The van der Waals surface area contributed by atoms with Gasteiger partial charge in [-0.25, -0.2) is 9.50 Å². The van der Waals surface area contributed by atoms with E-state index >= 15 is 0 Å². The Morgan fingerprint density at radius 2 is 1.62 bits per heavy atom. The van der Waals surface area contributed by atoms with E-state index in [9.17, 15) is 4.79 Å². The summed E-state index contributed by atoms with van der Waals surface area (Å²) in [5.41, 5.74) is 5.39. The van der Waals surface area contributed by atoms with Crippen LogP contribution in [0.4, 0.5) is 0 Å². The number of rotatable bonds is 7. The molecule has 202 valence electrons. The van der Waals surface area contributed by atoms with E-state index in [1.165, 1.54) is 16.7 Å². The first-order valence-electron chi connectivity index (χ1n) is 13.9. The fraction of sp³-hybridized carbons (Fsp3) is 0.387. The van der Waals surface area contributed by atoms with Crippen molar-refractivity contribution in [2.75, 3.05) is 46.4 Å². The number of fused-ring (bicyclic) bond motifs is 1. The molecule has 0 atom stereocenters. The molecule has 0 spiro atoms. The van der Waals surface area contributed by atoms with E-state index in [4.69, 9.17) is 4.74 Å². The number of aromatic nitrogens is 3. The first-order valence-corrected chi connectivity index (χ1v) is 13.9. The molecule has 0 bridgehead atoms. The summed E-state index contributed by atoms with van der Waals surface area (Å²) < 4.78 is 7.01. The number of piperazine rings is 1. The van der Waals surface area contributed by atoms with E-state index in [1.807, 2.05) is 40.0 Å². The molecule has 0 aliphatic carbocycles. The minimum Gasteiger partial charge on any atom is -0.481 e. The maximum atomic E-state index is 13.3. The predicted octanol–water partition coefficient (Wildman–Crippen LogP) is 4.08.